The van der Waals surface area contributed by atoms with Gasteiger partial charge in [0.1, 0.15) is 0 Å². The Bertz CT molecular complexity index is 814. The predicted molar refractivity (Wildman–Crippen MR) is 106 cm³/mol. The summed E-state index contributed by atoms with van der Waals surface area (Å²) in [5.74, 6) is -0.572. The van der Waals surface area contributed by atoms with E-state index in [0.29, 0.717) is 12.0 Å². The van der Waals surface area contributed by atoms with Crippen molar-refractivity contribution in [1.82, 2.24) is 10.9 Å². The first-order valence-corrected chi connectivity index (χ1v) is 18.5. The molecule has 2 amide bonds. The van der Waals surface area contributed by atoms with Crippen LogP contribution in [0, 0.1) is 0 Å². The molecule has 0 fully saturated rings. The van der Waals surface area contributed by atoms with Crippen molar-refractivity contribution in [2.75, 3.05) is 0 Å². The van der Waals surface area contributed by atoms with Crippen LogP contribution in [0.3, 0.4) is 0 Å². The van der Waals surface area contributed by atoms with Crippen LogP contribution in [0.15, 0.2) is 58.8 Å². The minimum atomic E-state index is -2.55. The molecular weight excluding hydrogens is 435 g/mol. The second kappa shape index (κ2) is 8.93. The molecule has 2 aromatic rings. The van der Waals surface area contributed by atoms with Crippen molar-refractivity contribution in [1.29, 1.82) is 0 Å². The van der Waals surface area contributed by atoms with E-state index in [0.717, 1.165) is 15.0 Å². The Balaban J connectivity index is 2.29. The van der Waals surface area contributed by atoms with E-state index in [-0.39, 0.29) is 11.8 Å². The molecule has 0 bridgehead atoms. The number of azo groups is 1. The van der Waals surface area contributed by atoms with Gasteiger partial charge in [0, 0.05) is 0 Å². The van der Waals surface area contributed by atoms with Gasteiger partial charge in [-0.3, -0.25) is 0 Å². The Morgan fingerprint density at radius 2 is 1.65 bits per heavy atom. The minimum absolute atomic E-state index is 0.234. The van der Waals surface area contributed by atoms with Crippen LogP contribution in [-0.2, 0) is 4.79 Å². The van der Waals surface area contributed by atoms with Crippen molar-refractivity contribution in [2.45, 2.75) is 28.2 Å². The van der Waals surface area contributed by atoms with Gasteiger partial charge in [-0.1, -0.05) is 0 Å². The van der Waals surface area contributed by atoms with E-state index < -0.39 is 18.4 Å². The first kappa shape index (κ1) is 20.1. The number of amides is 2. The number of benzene rings is 2. The fraction of sp³-hybridized carbons (Fsp3) is 0.263. The second-order valence-corrected chi connectivity index (χ2v) is 21.3. The number of hydrogen-bond acceptors (Lipinski definition) is 4. The molecule has 26 heavy (non-hydrogen) atoms. The van der Waals surface area contributed by atoms with E-state index >= 15 is 0 Å². The van der Waals surface area contributed by atoms with Gasteiger partial charge in [-0.25, -0.2) is 0 Å². The molecule has 0 saturated carbocycles. The Kier molecular flexibility index (Phi) is 6.90. The third-order valence-corrected chi connectivity index (χ3v) is 9.49. The van der Waals surface area contributed by atoms with Gasteiger partial charge >= 0.3 is 158 Å². The first-order valence-electron chi connectivity index (χ1n) is 8.51. The van der Waals surface area contributed by atoms with Crippen molar-refractivity contribution in [3.05, 3.63) is 54.1 Å². The fourth-order valence-corrected chi connectivity index (χ4v) is 6.51. The molecule has 2 rings (SSSR count). The zero-order valence-electron chi connectivity index (χ0n) is 15.5. The van der Waals surface area contributed by atoms with Gasteiger partial charge in [-0.15, -0.1) is 0 Å². The van der Waals surface area contributed by atoms with Crippen LogP contribution in [0.4, 0.5) is 11.4 Å². The summed E-state index contributed by atoms with van der Waals surface area (Å²) in [5, 5.41) is 8.70. The molecule has 0 spiro atoms. The van der Waals surface area contributed by atoms with E-state index in [9.17, 15) is 9.59 Å². The average Bonchev–Trinajstić information content (AvgIpc) is 2.64. The molecular formula is C19H24N4O2Sn. The standard InChI is InChI=1S/C16H15N4O2.3CH3.Sn/c1-2-15(21)19-20-16(22)12-8-10-14(11-9-12)18-17-13-6-4-3-5-7-13;;;;/h3-10H,2H2,1H3,(H,19,21)(H,20,22);3*1H3;. The summed E-state index contributed by atoms with van der Waals surface area (Å²) in [6.45, 7) is 1.72. The Hall–Kier alpha value is -2.22. The molecule has 0 aromatic heterocycles. The molecule has 0 atom stereocenters. The number of carbonyl (C=O) groups is 2. The first-order chi connectivity index (χ1) is 12.3. The molecule has 0 unspecified atom stereocenters. The summed E-state index contributed by atoms with van der Waals surface area (Å²) in [6.07, 6.45) is 0.308. The average molecular weight is 459 g/mol. The van der Waals surface area contributed by atoms with E-state index in [4.69, 9.17) is 0 Å². The van der Waals surface area contributed by atoms with Gasteiger partial charge in [0.05, 0.1) is 0 Å². The van der Waals surface area contributed by atoms with Crippen molar-refractivity contribution in [3.8, 4) is 0 Å². The molecule has 0 aliphatic rings. The van der Waals surface area contributed by atoms with Crippen LogP contribution in [-0.4, -0.2) is 30.2 Å². The quantitative estimate of drug-likeness (QED) is 0.405. The van der Waals surface area contributed by atoms with Crippen molar-refractivity contribution in [2.24, 2.45) is 10.2 Å². The summed E-state index contributed by atoms with van der Waals surface area (Å²) >= 11 is -2.55. The molecule has 7 heteroatoms. The molecule has 0 aliphatic heterocycles. The number of hydrazine groups is 1. The van der Waals surface area contributed by atoms with Crippen LogP contribution >= 0.6 is 0 Å². The van der Waals surface area contributed by atoms with Gasteiger partial charge in [0.25, 0.3) is 0 Å². The molecule has 0 saturated heterocycles. The van der Waals surface area contributed by atoms with Crippen LogP contribution < -0.4 is 14.4 Å². The zero-order valence-corrected chi connectivity index (χ0v) is 18.4. The monoisotopic (exact) mass is 460 g/mol. The molecule has 2 N–H and O–H groups in total. The second-order valence-electron chi connectivity index (χ2n) is 6.87. The van der Waals surface area contributed by atoms with Gasteiger partial charge in [-0.05, 0) is 0 Å². The van der Waals surface area contributed by atoms with E-state index in [2.05, 4.69) is 35.9 Å². The summed E-state index contributed by atoms with van der Waals surface area (Å²) < 4.78 is 1.11. The third-order valence-electron chi connectivity index (χ3n) is 3.73. The van der Waals surface area contributed by atoms with Gasteiger partial charge in [0.15, 0.2) is 0 Å². The molecule has 0 radical (unpaired) electrons. The normalized spacial score (nSPS) is 11.4. The van der Waals surface area contributed by atoms with Gasteiger partial charge in [-0.2, -0.15) is 0 Å². The fourth-order valence-electron chi connectivity index (χ4n) is 2.26. The number of rotatable bonds is 5. The molecule has 2 aromatic carbocycles. The number of nitrogens with zero attached hydrogens (tertiary/aromatic N) is 2. The van der Waals surface area contributed by atoms with E-state index in [1.54, 1.807) is 13.0 Å². The summed E-state index contributed by atoms with van der Waals surface area (Å²) in [7, 11) is 0. The van der Waals surface area contributed by atoms with Crippen LogP contribution in [0.25, 0.3) is 0 Å². The number of nitrogens with one attached hydrogen (secondary N) is 2. The maximum atomic E-state index is 12.3. The van der Waals surface area contributed by atoms with Crippen LogP contribution in [0.5, 0.6) is 0 Å². The molecule has 136 valence electrons. The molecule has 6 nitrogen and oxygen atoms in total. The summed E-state index contributed by atoms with van der Waals surface area (Å²) in [6, 6.07) is 14.9. The van der Waals surface area contributed by atoms with E-state index in [1.165, 1.54) is 0 Å². The third kappa shape index (κ3) is 5.65. The topological polar surface area (TPSA) is 82.9 Å². The Labute approximate surface area is 158 Å². The SMILES string of the molecule is CCC(=O)NNC(=O)c1ccc(N=Nc2ccccc2)[c]([Sn]([CH3])([CH3])[CH3])c1. The van der Waals surface area contributed by atoms with Gasteiger partial charge < -0.3 is 0 Å². The summed E-state index contributed by atoms with van der Waals surface area (Å²) in [5.41, 5.74) is 6.91. The maximum absolute atomic E-state index is 12.3. The van der Waals surface area contributed by atoms with Crippen LogP contribution in [0.2, 0.25) is 14.8 Å². The number of carbonyl (C=O) groups excluding carboxylic acids is 2. The summed E-state index contributed by atoms with van der Waals surface area (Å²) in [4.78, 5) is 30.4. The van der Waals surface area contributed by atoms with E-state index in [1.807, 2.05) is 42.5 Å². The Morgan fingerprint density at radius 3 is 2.27 bits per heavy atom. The molecule has 0 heterocycles. The number of hydrogen-bond donors (Lipinski definition) is 2. The van der Waals surface area contributed by atoms with Crippen molar-refractivity contribution in [3.63, 3.8) is 0 Å². The van der Waals surface area contributed by atoms with Crippen molar-refractivity contribution < 1.29 is 9.59 Å². The Morgan fingerprint density at radius 1 is 0.962 bits per heavy atom. The van der Waals surface area contributed by atoms with Crippen LogP contribution in [0.1, 0.15) is 23.7 Å². The van der Waals surface area contributed by atoms with Gasteiger partial charge in [0.2, 0.25) is 0 Å². The zero-order chi connectivity index (χ0) is 19.2. The van der Waals surface area contributed by atoms with Crippen molar-refractivity contribution >= 4 is 45.1 Å². The molecule has 0 aliphatic carbocycles. The predicted octanol–water partition coefficient (Wildman–Crippen LogP) is 3.82.